The van der Waals surface area contributed by atoms with Crippen LogP contribution in [0.3, 0.4) is 0 Å². The van der Waals surface area contributed by atoms with Crippen molar-refractivity contribution in [1.82, 2.24) is 0 Å². The van der Waals surface area contributed by atoms with Gasteiger partial charge in [-0.3, -0.25) is 9.79 Å². The topological polar surface area (TPSA) is 87.6 Å². The minimum atomic E-state index is -2.95. The number of fused-ring (bicyclic) bond motifs is 1. The molecule has 2 aliphatic rings. The number of hydrogen-bond donors (Lipinski definition) is 2. The Hall–Kier alpha value is -2.32. The van der Waals surface area contributed by atoms with Crippen LogP contribution in [0.15, 0.2) is 53.5 Å². The Kier molecular flexibility index (Phi) is 4.69. The summed E-state index contributed by atoms with van der Waals surface area (Å²) >= 11 is 1.47. The number of amides is 1. The van der Waals surface area contributed by atoms with Gasteiger partial charge in [-0.05, 0) is 48.9 Å². The molecule has 1 amide bonds. The standard InChI is InChI=1S/C19H19N3O3S2/c1-12-3-2-4-15(9-12)20-18(23)13-5-7-14(8-6-13)21-19-22-16-10-27(24,25)11-17(16)26-19/h2-9,16-17H,10-11H2,1H3,(H,20,23)(H,21,22). The molecule has 0 aromatic heterocycles. The average Bonchev–Trinajstić information content (AvgIpc) is 3.08. The van der Waals surface area contributed by atoms with E-state index in [0.717, 1.165) is 22.1 Å². The summed E-state index contributed by atoms with van der Waals surface area (Å²) in [5, 5.41) is 6.83. The number of anilines is 2. The molecule has 0 saturated carbocycles. The minimum absolute atomic E-state index is 0.0110. The van der Waals surface area contributed by atoms with Crippen molar-refractivity contribution >= 4 is 44.0 Å². The van der Waals surface area contributed by atoms with Crippen molar-refractivity contribution in [2.24, 2.45) is 4.99 Å². The fourth-order valence-corrected chi connectivity index (χ4v) is 6.85. The maximum Gasteiger partial charge on any atom is 0.255 e. The molecule has 0 radical (unpaired) electrons. The van der Waals surface area contributed by atoms with Gasteiger partial charge in [0.05, 0.1) is 17.5 Å². The van der Waals surface area contributed by atoms with E-state index in [9.17, 15) is 13.2 Å². The Morgan fingerprint density at radius 3 is 2.59 bits per heavy atom. The summed E-state index contributed by atoms with van der Waals surface area (Å²) in [6.07, 6.45) is 0. The maximum atomic E-state index is 12.4. The van der Waals surface area contributed by atoms with Crippen LogP contribution in [0.2, 0.25) is 0 Å². The van der Waals surface area contributed by atoms with Crippen molar-refractivity contribution in [2.45, 2.75) is 18.2 Å². The van der Waals surface area contributed by atoms with E-state index in [0.29, 0.717) is 5.56 Å². The molecule has 2 aromatic rings. The first kappa shape index (κ1) is 18.1. The van der Waals surface area contributed by atoms with Crippen molar-refractivity contribution in [3.63, 3.8) is 0 Å². The zero-order valence-electron chi connectivity index (χ0n) is 14.7. The Labute approximate surface area is 162 Å². The second-order valence-electron chi connectivity index (χ2n) is 6.76. The van der Waals surface area contributed by atoms with Gasteiger partial charge < -0.3 is 10.6 Å². The molecule has 2 heterocycles. The molecule has 0 aliphatic carbocycles. The van der Waals surface area contributed by atoms with Crippen LogP contribution in [0.4, 0.5) is 11.4 Å². The van der Waals surface area contributed by atoms with Crippen LogP contribution >= 0.6 is 11.8 Å². The second-order valence-corrected chi connectivity index (χ2v) is 10.1. The molecule has 1 fully saturated rings. The molecule has 0 bridgehead atoms. The number of thioether (sulfide) groups is 1. The summed E-state index contributed by atoms with van der Waals surface area (Å²) < 4.78 is 23.2. The van der Waals surface area contributed by atoms with Crippen LogP contribution in [-0.2, 0) is 9.84 Å². The lowest BCUT2D eigenvalue weighted by Crippen LogP contribution is -2.13. The lowest BCUT2D eigenvalue weighted by molar-refractivity contribution is 0.102. The van der Waals surface area contributed by atoms with E-state index in [-0.39, 0.29) is 28.7 Å². The Bertz CT molecular complexity index is 1020. The number of carbonyl (C=O) groups is 1. The molecular formula is C19H19N3O3S2. The van der Waals surface area contributed by atoms with E-state index >= 15 is 0 Å². The normalized spacial score (nSPS) is 22.8. The van der Waals surface area contributed by atoms with Crippen LogP contribution in [0, 0.1) is 6.92 Å². The average molecular weight is 402 g/mol. The van der Waals surface area contributed by atoms with Gasteiger partial charge in [0.25, 0.3) is 5.91 Å². The van der Waals surface area contributed by atoms with Gasteiger partial charge in [-0.25, -0.2) is 8.42 Å². The van der Waals surface area contributed by atoms with E-state index in [2.05, 4.69) is 15.6 Å². The Morgan fingerprint density at radius 1 is 1.11 bits per heavy atom. The Balaban J connectivity index is 1.39. The van der Waals surface area contributed by atoms with E-state index in [1.54, 1.807) is 12.1 Å². The molecule has 8 heteroatoms. The highest BCUT2D eigenvalue weighted by Gasteiger charge is 2.42. The van der Waals surface area contributed by atoms with Crippen molar-refractivity contribution in [3.8, 4) is 0 Å². The number of aliphatic imine (C=N–C) groups is 1. The van der Waals surface area contributed by atoms with Gasteiger partial charge >= 0.3 is 0 Å². The molecule has 6 nitrogen and oxygen atoms in total. The number of rotatable bonds is 3. The summed E-state index contributed by atoms with van der Waals surface area (Å²) in [7, 11) is -2.95. The minimum Gasteiger partial charge on any atom is -0.335 e. The van der Waals surface area contributed by atoms with Crippen molar-refractivity contribution in [1.29, 1.82) is 0 Å². The summed E-state index contributed by atoms with van der Waals surface area (Å²) in [5.41, 5.74) is 3.22. The molecule has 2 atom stereocenters. The fourth-order valence-electron chi connectivity index (χ4n) is 3.17. The van der Waals surface area contributed by atoms with Crippen molar-refractivity contribution in [2.75, 3.05) is 22.1 Å². The molecule has 140 valence electrons. The molecule has 2 aromatic carbocycles. The highest BCUT2D eigenvalue weighted by atomic mass is 32.2. The summed E-state index contributed by atoms with van der Waals surface area (Å²) in [5.74, 6) is 0.155. The van der Waals surface area contributed by atoms with Crippen molar-refractivity contribution < 1.29 is 13.2 Å². The van der Waals surface area contributed by atoms with Crippen LogP contribution in [0.25, 0.3) is 0 Å². The number of nitrogens with one attached hydrogen (secondary N) is 2. The maximum absolute atomic E-state index is 12.4. The van der Waals surface area contributed by atoms with Gasteiger partial charge in [0.2, 0.25) is 0 Å². The molecule has 0 spiro atoms. The number of carbonyl (C=O) groups excluding carboxylic acids is 1. The lowest BCUT2D eigenvalue weighted by atomic mass is 10.1. The zero-order valence-corrected chi connectivity index (χ0v) is 16.3. The fraction of sp³-hybridized carbons (Fsp3) is 0.263. The number of hydrogen-bond acceptors (Lipinski definition) is 6. The van der Waals surface area contributed by atoms with E-state index in [1.165, 1.54) is 11.8 Å². The quantitative estimate of drug-likeness (QED) is 0.826. The van der Waals surface area contributed by atoms with Gasteiger partial charge in [-0.1, -0.05) is 23.9 Å². The molecular weight excluding hydrogens is 382 g/mol. The number of aryl methyl sites for hydroxylation is 1. The van der Waals surface area contributed by atoms with E-state index < -0.39 is 9.84 Å². The molecule has 2 N–H and O–H groups in total. The molecule has 2 aliphatic heterocycles. The number of amidine groups is 1. The van der Waals surface area contributed by atoms with E-state index in [4.69, 9.17) is 0 Å². The zero-order chi connectivity index (χ0) is 19.0. The highest BCUT2D eigenvalue weighted by Crippen LogP contribution is 2.34. The van der Waals surface area contributed by atoms with Crippen LogP contribution < -0.4 is 10.6 Å². The van der Waals surface area contributed by atoms with Gasteiger partial charge in [0.1, 0.15) is 0 Å². The predicted octanol–water partition coefficient (Wildman–Crippen LogP) is 2.93. The van der Waals surface area contributed by atoms with Gasteiger partial charge in [0, 0.05) is 22.2 Å². The largest absolute Gasteiger partial charge is 0.335 e. The van der Waals surface area contributed by atoms with Crippen LogP contribution in [0.5, 0.6) is 0 Å². The third-order valence-corrected chi connectivity index (χ3v) is 7.63. The highest BCUT2D eigenvalue weighted by molar-refractivity contribution is 8.15. The smallest absolute Gasteiger partial charge is 0.255 e. The summed E-state index contributed by atoms with van der Waals surface area (Å²) in [6.45, 7) is 1.98. The first-order valence-corrected chi connectivity index (χ1v) is 11.3. The first-order chi connectivity index (χ1) is 12.9. The third-order valence-electron chi connectivity index (χ3n) is 4.49. The first-order valence-electron chi connectivity index (χ1n) is 8.58. The predicted molar refractivity (Wildman–Crippen MR) is 110 cm³/mol. The third kappa shape index (κ3) is 4.17. The molecule has 1 saturated heterocycles. The molecule has 4 rings (SSSR count). The molecule has 27 heavy (non-hydrogen) atoms. The summed E-state index contributed by atoms with van der Waals surface area (Å²) in [4.78, 5) is 16.8. The van der Waals surface area contributed by atoms with Crippen molar-refractivity contribution in [3.05, 3.63) is 59.7 Å². The number of nitrogens with zero attached hydrogens (tertiary/aromatic N) is 1. The summed E-state index contributed by atoms with van der Waals surface area (Å²) in [6, 6.07) is 14.6. The monoisotopic (exact) mass is 401 g/mol. The molecule has 2 unspecified atom stereocenters. The number of sulfone groups is 1. The van der Waals surface area contributed by atoms with Gasteiger partial charge in [-0.2, -0.15) is 0 Å². The lowest BCUT2D eigenvalue weighted by Gasteiger charge is -2.09. The van der Waals surface area contributed by atoms with E-state index in [1.807, 2.05) is 43.3 Å². The van der Waals surface area contributed by atoms with Gasteiger partial charge in [-0.15, -0.1) is 0 Å². The number of benzene rings is 2. The Morgan fingerprint density at radius 2 is 1.89 bits per heavy atom. The van der Waals surface area contributed by atoms with Crippen LogP contribution in [0.1, 0.15) is 15.9 Å². The van der Waals surface area contributed by atoms with Gasteiger partial charge in [0.15, 0.2) is 15.0 Å². The SMILES string of the molecule is Cc1cccc(NC(=O)c2ccc(NC3=NC4CS(=O)(=O)CC4S3)cc2)c1. The second kappa shape index (κ2) is 7.01. The van der Waals surface area contributed by atoms with Crippen LogP contribution in [-0.4, -0.2) is 42.3 Å².